The van der Waals surface area contributed by atoms with Crippen molar-refractivity contribution in [2.75, 3.05) is 0 Å². The summed E-state index contributed by atoms with van der Waals surface area (Å²) in [5.41, 5.74) is -1.19. The second-order valence-corrected chi connectivity index (χ2v) is 4.72. The van der Waals surface area contributed by atoms with Crippen molar-refractivity contribution in [3.8, 4) is 11.1 Å². The molecule has 0 radical (unpaired) electrons. The highest BCUT2D eigenvalue weighted by molar-refractivity contribution is 6.33. The zero-order valence-corrected chi connectivity index (χ0v) is 11.7. The Morgan fingerprint density at radius 1 is 1.09 bits per heavy atom. The van der Waals surface area contributed by atoms with Crippen LogP contribution in [0, 0.1) is 0 Å². The monoisotopic (exact) mass is 352 g/mol. The molecule has 0 spiro atoms. The summed E-state index contributed by atoms with van der Waals surface area (Å²) in [7, 11) is 0. The van der Waals surface area contributed by atoms with Gasteiger partial charge in [0.1, 0.15) is 0 Å². The lowest BCUT2D eigenvalue weighted by molar-refractivity contribution is -0.292. The Labute approximate surface area is 130 Å². The fourth-order valence-corrected chi connectivity index (χ4v) is 1.94. The van der Waals surface area contributed by atoms with Gasteiger partial charge < -0.3 is 5.11 Å². The number of rotatable bonds is 3. The number of carboxylic acids is 1. The number of hydrogen-bond donors (Lipinski definition) is 1. The summed E-state index contributed by atoms with van der Waals surface area (Å²) in [5.74, 6) is -9.12. The quantitative estimate of drug-likeness (QED) is 0.843. The van der Waals surface area contributed by atoms with E-state index in [-0.39, 0.29) is 16.1 Å². The van der Waals surface area contributed by atoms with Crippen molar-refractivity contribution >= 4 is 17.6 Å². The van der Waals surface area contributed by atoms with Crippen LogP contribution in [-0.4, -0.2) is 27.2 Å². The van der Waals surface area contributed by atoms with Gasteiger partial charge in [-0.2, -0.15) is 22.0 Å². The fraction of sp³-hybridized carbons (Fsp3) is 0.154. The third-order valence-corrected chi connectivity index (χ3v) is 3.12. The molecule has 0 saturated heterocycles. The molecular weight excluding hydrogens is 347 g/mol. The average Bonchev–Trinajstić information content (AvgIpc) is 2.46. The van der Waals surface area contributed by atoms with Crippen molar-refractivity contribution < 1.29 is 31.9 Å². The fourth-order valence-electron chi connectivity index (χ4n) is 1.70. The second-order valence-electron chi connectivity index (χ2n) is 4.31. The molecule has 1 N–H and O–H groups in total. The maximum Gasteiger partial charge on any atom is 0.461 e. The first kappa shape index (κ1) is 17.1. The molecule has 1 heterocycles. The molecule has 10 heteroatoms. The van der Waals surface area contributed by atoms with Gasteiger partial charge in [-0.25, -0.2) is 14.8 Å². The summed E-state index contributed by atoms with van der Waals surface area (Å²) >= 11 is 5.86. The van der Waals surface area contributed by atoms with Gasteiger partial charge in [0.25, 0.3) is 0 Å². The molecule has 0 aliphatic heterocycles. The Hall–Kier alpha value is -2.29. The van der Waals surface area contributed by atoms with Crippen LogP contribution in [0.1, 0.15) is 16.3 Å². The lowest BCUT2D eigenvalue weighted by Crippen LogP contribution is -2.36. The summed E-state index contributed by atoms with van der Waals surface area (Å²) in [6, 6.07) is 5.75. The normalized spacial score (nSPS) is 12.3. The first-order valence-corrected chi connectivity index (χ1v) is 6.23. The largest absolute Gasteiger partial charge is 0.476 e. The van der Waals surface area contributed by atoms with E-state index < -0.39 is 29.6 Å². The standard InChI is InChI=1S/C13H6ClF5N2O2/c14-8-4-2-1-3-6(8)7-5-20-11(21-9(7)10(22)23)12(15,16)13(17,18)19/h1-5H,(H,22,23). The Morgan fingerprint density at radius 3 is 2.22 bits per heavy atom. The molecule has 122 valence electrons. The first-order chi connectivity index (χ1) is 10.6. The van der Waals surface area contributed by atoms with Crippen molar-refractivity contribution in [3.63, 3.8) is 0 Å². The second kappa shape index (κ2) is 5.73. The first-order valence-electron chi connectivity index (χ1n) is 5.86. The molecule has 0 aliphatic rings. The van der Waals surface area contributed by atoms with Crippen LogP contribution >= 0.6 is 11.6 Å². The van der Waals surface area contributed by atoms with Crippen molar-refractivity contribution in [1.82, 2.24) is 9.97 Å². The van der Waals surface area contributed by atoms with Crippen molar-refractivity contribution in [3.05, 3.63) is 47.0 Å². The number of hydrogen-bond acceptors (Lipinski definition) is 3. The number of carboxylic acid groups (broad SMARTS) is 1. The molecule has 1 aromatic heterocycles. The number of aromatic nitrogens is 2. The van der Waals surface area contributed by atoms with Gasteiger partial charge in [0, 0.05) is 22.3 Å². The Morgan fingerprint density at radius 2 is 1.70 bits per heavy atom. The number of carbonyl (C=O) groups is 1. The summed E-state index contributed by atoms with van der Waals surface area (Å²) < 4.78 is 63.5. The van der Waals surface area contributed by atoms with Gasteiger partial charge in [0.15, 0.2) is 5.69 Å². The van der Waals surface area contributed by atoms with E-state index in [9.17, 15) is 26.7 Å². The lowest BCUT2D eigenvalue weighted by Gasteiger charge is -2.18. The molecule has 0 amide bonds. The van der Waals surface area contributed by atoms with Crippen LogP contribution in [0.2, 0.25) is 5.02 Å². The molecule has 2 aromatic rings. The van der Waals surface area contributed by atoms with E-state index in [4.69, 9.17) is 16.7 Å². The molecule has 4 nitrogen and oxygen atoms in total. The predicted octanol–water partition coefficient (Wildman–Crippen LogP) is 4.15. The molecule has 23 heavy (non-hydrogen) atoms. The van der Waals surface area contributed by atoms with E-state index in [1.54, 1.807) is 0 Å². The zero-order chi connectivity index (χ0) is 17.4. The van der Waals surface area contributed by atoms with Crippen LogP contribution in [0.4, 0.5) is 22.0 Å². The van der Waals surface area contributed by atoms with E-state index in [1.807, 2.05) is 0 Å². The highest BCUT2D eigenvalue weighted by Crippen LogP contribution is 2.42. The van der Waals surface area contributed by atoms with Gasteiger partial charge in [0.05, 0.1) is 0 Å². The van der Waals surface area contributed by atoms with Crippen LogP contribution in [0.3, 0.4) is 0 Å². The predicted molar refractivity (Wildman–Crippen MR) is 69.4 cm³/mol. The van der Waals surface area contributed by atoms with Gasteiger partial charge in [0.2, 0.25) is 5.82 Å². The summed E-state index contributed by atoms with van der Waals surface area (Å²) in [4.78, 5) is 17.0. The summed E-state index contributed by atoms with van der Waals surface area (Å²) in [5, 5.41) is 9.12. The van der Waals surface area contributed by atoms with Crippen molar-refractivity contribution in [1.29, 1.82) is 0 Å². The maximum atomic E-state index is 13.3. The molecule has 0 aliphatic carbocycles. The van der Waals surface area contributed by atoms with Gasteiger partial charge in [-0.05, 0) is 6.07 Å². The minimum absolute atomic E-state index is 0.0638. The summed E-state index contributed by atoms with van der Waals surface area (Å²) in [6.07, 6.45) is -5.37. The van der Waals surface area contributed by atoms with E-state index in [2.05, 4.69) is 9.97 Å². The minimum atomic E-state index is -5.95. The molecule has 0 fully saturated rings. The maximum absolute atomic E-state index is 13.3. The number of nitrogens with zero attached hydrogens (tertiary/aromatic N) is 2. The van der Waals surface area contributed by atoms with Crippen molar-refractivity contribution in [2.45, 2.75) is 12.1 Å². The summed E-state index contributed by atoms with van der Waals surface area (Å²) in [6.45, 7) is 0. The lowest BCUT2D eigenvalue weighted by atomic mass is 10.1. The van der Waals surface area contributed by atoms with Crippen LogP contribution < -0.4 is 0 Å². The van der Waals surface area contributed by atoms with Crippen molar-refractivity contribution in [2.24, 2.45) is 0 Å². The number of aromatic carboxylic acids is 1. The molecule has 0 atom stereocenters. The number of alkyl halides is 5. The molecule has 1 aromatic carbocycles. The SMILES string of the molecule is O=C(O)c1nc(C(F)(F)C(F)(F)F)ncc1-c1ccccc1Cl. The van der Waals surface area contributed by atoms with Crippen LogP contribution in [0.5, 0.6) is 0 Å². The van der Waals surface area contributed by atoms with Crippen LogP contribution in [-0.2, 0) is 5.92 Å². The van der Waals surface area contributed by atoms with E-state index in [0.29, 0.717) is 6.20 Å². The number of benzene rings is 1. The minimum Gasteiger partial charge on any atom is -0.476 e. The highest BCUT2D eigenvalue weighted by Gasteiger charge is 2.61. The highest BCUT2D eigenvalue weighted by atomic mass is 35.5. The topological polar surface area (TPSA) is 63.1 Å². The Kier molecular flexibility index (Phi) is 4.25. The third-order valence-electron chi connectivity index (χ3n) is 2.79. The zero-order valence-electron chi connectivity index (χ0n) is 10.9. The van der Waals surface area contributed by atoms with Gasteiger partial charge in [-0.15, -0.1) is 0 Å². The van der Waals surface area contributed by atoms with E-state index in [1.165, 1.54) is 24.3 Å². The van der Waals surface area contributed by atoms with Gasteiger partial charge in [-0.3, -0.25) is 0 Å². The van der Waals surface area contributed by atoms with E-state index in [0.717, 1.165) is 0 Å². The molecule has 0 bridgehead atoms. The molecular formula is C13H6ClF5N2O2. The number of halogens is 6. The smallest absolute Gasteiger partial charge is 0.461 e. The Bertz CT molecular complexity index is 764. The van der Waals surface area contributed by atoms with Crippen LogP contribution in [0.25, 0.3) is 11.1 Å². The van der Waals surface area contributed by atoms with Crippen LogP contribution in [0.15, 0.2) is 30.5 Å². The average molecular weight is 353 g/mol. The van der Waals surface area contributed by atoms with E-state index >= 15 is 0 Å². The molecule has 0 saturated carbocycles. The molecule has 2 rings (SSSR count). The Balaban J connectivity index is 2.66. The molecule has 0 unspecified atom stereocenters. The third kappa shape index (κ3) is 3.09. The van der Waals surface area contributed by atoms with Gasteiger partial charge >= 0.3 is 18.1 Å². The van der Waals surface area contributed by atoms with Gasteiger partial charge in [-0.1, -0.05) is 29.8 Å².